The maximum absolute atomic E-state index is 4.70. The van der Waals surface area contributed by atoms with Crippen molar-refractivity contribution in [3.8, 4) is 0 Å². The number of hydrogen-bond acceptors (Lipinski definition) is 6. The third kappa shape index (κ3) is 6.67. The van der Waals surface area contributed by atoms with Gasteiger partial charge in [-0.15, -0.1) is 45.5 Å². The number of aliphatic imine (C=N–C) groups is 1. The van der Waals surface area contributed by atoms with Gasteiger partial charge in [0.2, 0.25) is 0 Å². The van der Waals surface area contributed by atoms with E-state index in [-0.39, 0.29) is 24.0 Å². The minimum atomic E-state index is 0. The molecule has 0 aliphatic rings. The smallest absolute Gasteiger partial charge is 0.192 e. The molecule has 3 aromatic rings. The first kappa shape index (κ1) is 23.1. The van der Waals surface area contributed by atoms with Gasteiger partial charge in [-0.25, -0.2) is 9.98 Å². The van der Waals surface area contributed by atoms with Crippen LogP contribution in [0.15, 0.2) is 40.7 Å². The number of aromatic nitrogens is 4. The summed E-state index contributed by atoms with van der Waals surface area (Å²) in [5, 5.41) is 18.0. The number of benzene rings is 1. The summed E-state index contributed by atoms with van der Waals surface area (Å²) in [6.45, 7) is 3.67. The van der Waals surface area contributed by atoms with Crippen molar-refractivity contribution in [3.05, 3.63) is 58.6 Å². The molecule has 0 radical (unpaired) electrons. The lowest BCUT2D eigenvalue weighted by molar-refractivity contribution is 0.712. The number of rotatable bonds is 7. The molecule has 8 nitrogen and oxygen atoms in total. The summed E-state index contributed by atoms with van der Waals surface area (Å²) < 4.78 is 1.96. The van der Waals surface area contributed by atoms with Gasteiger partial charge in [-0.2, -0.15) is 0 Å². The molecule has 2 aromatic heterocycles. The molecule has 0 amide bonds. The second-order valence-electron chi connectivity index (χ2n) is 6.60. The van der Waals surface area contributed by atoms with E-state index >= 15 is 0 Å². The van der Waals surface area contributed by atoms with Gasteiger partial charge in [-0.3, -0.25) is 0 Å². The molecule has 0 spiro atoms. The normalized spacial score (nSPS) is 11.1. The molecule has 0 unspecified atom stereocenters. The quantitative estimate of drug-likeness (QED) is 0.280. The van der Waals surface area contributed by atoms with Crippen molar-refractivity contribution in [2.75, 3.05) is 19.0 Å². The second kappa shape index (κ2) is 11.1. The fourth-order valence-corrected chi connectivity index (χ4v) is 3.21. The van der Waals surface area contributed by atoms with Crippen molar-refractivity contribution < 1.29 is 0 Å². The summed E-state index contributed by atoms with van der Waals surface area (Å²) in [7, 11) is 5.94. The number of guanidine groups is 1. The number of thiazole rings is 1. The van der Waals surface area contributed by atoms with E-state index in [0.717, 1.165) is 28.0 Å². The highest BCUT2D eigenvalue weighted by atomic mass is 127. The zero-order chi connectivity index (χ0) is 19.9. The first-order valence-electron chi connectivity index (χ1n) is 9.05. The summed E-state index contributed by atoms with van der Waals surface area (Å²) in [4.78, 5) is 11.3. The molecule has 156 valence electrons. The molecule has 0 atom stereocenters. The maximum Gasteiger partial charge on any atom is 0.192 e. The van der Waals surface area contributed by atoms with Gasteiger partial charge >= 0.3 is 0 Å². The van der Waals surface area contributed by atoms with Crippen molar-refractivity contribution in [2.45, 2.75) is 26.6 Å². The van der Waals surface area contributed by atoms with E-state index in [9.17, 15) is 0 Å². The van der Waals surface area contributed by atoms with Gasteiger partial charge in [0, 0.05) is 26.5 Å². The molecular formula is C19H27IN8S. The van der Waals surface area contributed by atoms with E-state index in [0.29, 0.717) is 25.6 Å². The number of anilines is 1. The van der Waals surface area contributed by atoms with Crippen molar-refractivity contribution in [1.29, 1.82) is 0 Å². The summed E-state index contributed by atoms with van der Waals surface area (Å²) in [5.41, 5.74) is 2.14. The SMILES string of the molecule is Cc1nnc(CNC(=NCc2ccccc2)NCc2csc(N(C)C)n2)n1C.I. The van der Waals surface area contributed by atoms with E-state index in [4.69, 9.17) is 4.99 Å². The highest BCUT2D eigenvalue weighted by Gasteiger charge is 2.08. The molecular weight excluding hydrogens is 499 g/mol. The Bertz CT molecular complexity index is 919. The van der Waals surface area contributed by atoms with Crippen LogP contribution in [0.2, 0.25) is 0 Å². The Morgan fingerprint density at radius 3 is 2.48 bits per heavy atom. The molecule has 0 bridgehead atoms. The van der Waals surface area contributed by atoms with Gasteiger partial charge in [0.25, 0.3) is 0 Å². The Morgan fingerprint density at radius 2 is 1.86 bits per heavy atom. The molecule has 0 saturated heterocycles. The minimum absolute atomic E-state index is 0. The predicted octanol–water partition coefficient (Wildman–Crippen LogP) is 2.70. The van der Waals surface area contributed by atoms with E-state index in [1.807, 2.05) is 55.7 Å². The molecule has 2 heterocycles. The topological polar surface area (TPSA) is 83.3 Å². The van der Waals surface area contributed by atoms with Crippen LogP contribution >= 0.6 is 35.3 Å². The Kier molecular flexibility index (Phi) is 8.83. The fourth-order valence-electron chi connectivity index (χ4n) is 2.45. The molecule has 3 rings (SSSR count). The van der Waals surface area contributed by atoms with Gasteiger partial charge in [0.15, 0.2) is 16.9 Å². The molecule has 29 heavy (non-hydrogen) atoms. The average molecular weight is 526 g/mol. The third-order valence-electron chi connectivity index (χ3n) is 4.22. The van der Waals surface area contributed by atoms with E-state index in [2.05, 4.69) is 43.3 Å². The van der Waals surface area contributed by atoms with Crippen molar-refractivity contribution in [2.24, 2.45) is 12.0 Å². The Hall–Kier alpha value is -2.21. The summed E-state index contributed by atoms with van der Waals surface area (Å²) in [6.07, 6.45) is 0. The molecule has 10 heteroatoms. The van der Waals surface area contributed by atoms with Gasteiger partial charge in [0.05, 0.1) is 25.3 Å². The van der Waals surface area contributed by atoms with Crippen LogP contribution in [0.4, 0.5) is 5.13 Å². The van der Waals surface area contributed by atoms with Gasteiger partial charge < -0.3 is 20.1 Å². The molecule has 0 aliphatic carbocycles. The van der Waals surface area contributed by atoms with Crippen molar-refractivity contribution in [3.63, 3.8) is 0 Å². The lowest BCUT2D eigenvalue weighted by Crippen LogP contribution is -2.37. The highest BCUT2D eigenvalue weighted by Crippen LogP contribution is 2.17. The minimum Gasteiger partial charge on any atom is -0.354 e. The van der Waals surface area contributed by atoms with Crippen LogP contribution in [-0.4, -0.2) is 39.8 Å². The summed E-state index contributed by atoms with van der Waals surface area (Å²) in [6, 6.07) is 10.2. The maximum atomic E-state index is 4.70. The van der Waals surface area contributed by atoms with Crippen LogP contribution in [0.25, 0.3) is 0 Å². The van der Waals surface area contributed by atoms with Crippen LogP contribution in [0.5, 0.6) is 0 Å². The van der Waals surface area contributed by atoms with Crippen LogP contribution in [0, 0.1) is 6.92 Å². The first-order valence-corrected chi connectivity index (χ1v) is 9.93. The zero-order valence-corrected chi connectivity index (χ0v) is 20.2. The number of hydrogen-bond donors (Lipinski definition) is 2. The highest BCUT2D eigenvalue weighted by molar-refractivity contribution is 14.0. The van der Waals surface area contributed by atoms with Crippen LogP contribution in [0.3, 0.4) is 0 Å². The lowest BCUT2D eigenvalue weighted by atomic mass is 10.2. The average Bonchev–Trinajstić information content (AvgIpc) is 3.30. The van der Waals surface area contributed by atoms with Gasteiger partial charge in [-0.1, -0.05) is 30.3 Å². The standard InChI is InChI=1S/C19H26N8S.HI/c1-14-24-25-17(27(14)4)12-22-18(20-10-15-8-6-5-7-9-15)21-11-16-13-28-19(23-16)26(2)3;/h5-9,13H,10-12H2,1-4H3,(H2,20,21,22);1H. The monoisotopic (exact) mass is 526 g/mol. The Morgan fingerprint density at radius 1 is 1.14 bits per heavy atom. The van der Waals surface area contributed by atoms with Crippen molar-refractivity contribution in [1.82, 2.24) is 30.4 Å². The second-order valence-corrected chi connectivity index (χ2v) is 7.43. The third-order valence-corrected chi connectivity index (χ3v) is 5.28. The fraction of sp³-hybridized carbons (Fsp3) is 0.368. The summed E-state index contributed by atoms with van der Waals surface area (Å²) >= 11 is 1.63. The number of nitrogens with one attached hydrogen (secondary N) is 2. The van der Waals surface area contributed by atoms with Gasteiger partial charge in [0.1, 0.15) is 5.82 Å². The molecule has 1 aromatic carbocycles. The number of nitrogens with zero attached hydrogens (tertiary/aromatic N) is 6. The van der Waals surface area contributed by atoms with E-state index in [1.54, 1.807) is 11.3 Å². The summed E-state index contributed by atoms with van der Waals surface area (Å²) in [5.74, 6) is 2.45. The first-order chi connectivity index (χ1) is 13.5. The van der Waals surface area contributed by atoms with Crippen LogP contribution < -0.4 is 15.5 Å². The Labute approximate surface area is 192 Å². The van der Waals surface area contributed by atoms with E-state index in [1.165, 1.54) is 0 Å². The molecule has 0 aliphatic heterocycles. The largest absolute Gasteiger partial charge is 0.354 e. The predicted molar refractivity (Wildman–Crippen MR) is 129 cm³/mol. The zero-order valence-electron chi connectivity index (χ0n) is 17.1. The van der Waals surface area contributed by atoms with Gasteiger partial charge in [-0.05, 0) is 12.5 Å². The lowest BCUT2D eigenvalue weighted by Gasteiger charge is -2.12. The molecule has 0 fully saturated rings. The van der Waals surface area contributed by atoms with E-state index < -0.39 is 0 Å². The molecule has 2 N–H and O–H groups in total. The van der Waals surface area contributed by atoms with Crippen LogP contribution in [-0.2, 0) is 26.7 Å². The van der Waals surface area contributed by atoms with Crippen molar-refractivity contribution >= 4 is 46.4 Å². The van der Waals surface area contributed by atoms with Crippen LogP contribution in [0.1, 0.15) is 22.9 Å². The Balaban J connectivity index is 0.00000300. The number of halogens is 1. The molecule has 0 saturated carbocycles. The number of aryl methyl sites for hydroxylation is 1.